The van der Waals surface area contributed by atoms with Gasteiger partial charge in [0.25, 0.3) is 0 Å². The fraction of sp³-hybridized carbons (Fsp3) is 0.619. The van der Waals surface area contributed by atoms with Crippen molar-refractivity contribution in [2.45, 2.75) is 421 Å². The summed E-state index contributed by atoms with van der Waals surface area (Å²) in [5, 5.41) is 0. The van der Waals surface area contributed by atoms with E-state index in [-0.39, 0.29) is 5.97 Å². The van der Waals surface area contributed by atoms with Crippen LogP contribution in [0.15, 0.2) is 170 Å². The molecule has 13 heteroatoms. The highest BCUT2D eigenvalue weighted by molar-refractivity contribution is 6.39. The van der Waals surface area contributed by atoms with Gasteiger partial charge in [0.05, 0.1) is 98.5 Å². The van der Waals surface area contributed by atoms with E-state index in [2.05, 4.69) is 169 Å². The molecule has 131 heavy (non-hydrogen) atoms. The number of esters is 1. The largest absolute Gasteiger partial charge is 0.494 e. The van der Waals surface area contributed by atoms with Gasteiger partial charge in [0.15, 0.2) is 0 Å². The van der Waals surface area contributed by atoms with E-state index in [4.69, 9.17) is 57.9 Å². The van der Waals surface area contributed by atoms with E-state index >= 15 is 0 Å². The number of allylic oxidation sites excluding steroid dienone is 12. The first-order chi connectivity index (χ1) is 64.7. The van der Waals surface area contributed by atoms with Gasteiger partial charge in [-0.15, -0.1) is 0 Å². The Balaban J connectivity index is 1.18. The van der Waals surface area contributed by atoms with E-state index < -0.39 is 0 Å². The summed E-state index contributed by atoms with van der Waals surface area (Å²) in [6.45, 7) is 20.0. The molecule has 720 valence electrons. The van der Waals surface area contributed by atoms with Crippen molar-refractivity contribution >= 4 is 51.1 Å². The first-order valence-electron chi connectivity index (χ1n) is 53.8. The second kappa shape index (κ2) is 66.9. The fourth-order valence-electron chi connectivity index (χ4n) is 18.2. The highest BCUT2D eigenvalue weighted by Crippen LogP contribution is 2.43. The molecule has 5 aliphatic rings. The molecule has 0 radical (unpaired) electrons. The third kappa shape index (κ3) is 41.5. The highest BCUT2D eigenvalue weighted by atomic mass is 16.5. The standard InChI is InChI=1S/C118H174N4O9/c1-8-14-20-26-32-42-52-60-80-126-101-86-97(87-102(92-101)127-81-61-53-43-33-27-21-15-9-2)116-109-72-70-107(119-109)115(96-66-68-100(69-67-96)125-79-59-51-49-41-39-38-40-48-50-58-78-124-95(7)123)108-71-73-110(120-108)117(98-88-103(128-82-62-54-44-34-28-22-16-10-3)93-104(89-98)129-83-63-55-45-35-29-23-17-11-4)112-75-77-114(122-112)118(113-76-74-111(116)121-113)99-90-105(130-84-64-56-46-36-30-24-18-12-5)94-106(91-99)131-85-65-57-47-37-31-25-19-13-6/h66-77,86-94H,8-65,78-85H2,1-7H3. The maximum absolute atomic E-state index is 11.2. The summed E-state index contributed by atoms with van der Waals surface area (Å²) >= 11 is 0. The van der Waals surface area contributed by atoms with Gasteiger partial charge in [0, 0.05) is 47.4 Å². The molecule has 8 bridgehead atoms. The number of nitrogens with zero attached hydrogens (tertiary/aromatic N) is 4. The molecule has 0 aliphatic carbocycles. The summed E-state index contributed by atoms with van der Waals surface area (Å²) in [6, 6.07) is 28.1. The number of ether oxygens (including phenoxy) is 8. The Kier molecular flexibility index (Phi) is 54.2. The molecule has 0 amide bonds. The van der Waals surface area contributed by atoms with Crippen LogP contribution in [0.25, 0.3) is 22.3 Å². The van der Waals surface area contributed by atoms with Crippen molar-refractivity contribution in [3.63, 3.8) is 0 Å². The second-order valence-electron chi connectivity index (χ2n) is 37.6. The van der Waals surface area contributed by atoms with Gasteiger partial charge < -0.3 is 37.9 Å². The lowest BCUT2D eigenvalue weighted by molar-refractivity contribution is -0.141. The summed E-state index contributed by atoms with van der Waals surface area (Å²) in [7, 11) is 0. The molecule has 4 aromatic rings. The van der Waals surface area contributed by atoms with Crippen molar-refractivity contribution in [3.05, 3.63) is 173 Å². The molecule has 13 nitrogen and oxygen atoms in total. The number of carbonyl (C=O) groups is 1. The van der Waals surface area contributed by atoms with Crippen molar-refractivity contribution in [1.82, 2.24) is 0 Å². The van der Waals surface area contributed by atoms with Gasteiger partial charge in [-0.25, -0.2) is 20.0 Å². The fourth-order valence-corrected chi connectivity index (χ4v) is 18.2. The summed E-state index contributed by atoms with van der Waals surface area (Å²) < 4.78 is 53.3. The van der Waals surface area contributed by atoms with Crippen molar-refractivity contribution < 1.29 is 42.7 Å². The van der Waals surface area contributed by atoms with Gasteiger partial charge in [0.1, 0.15) is 40.2 Å². The monoisotopic (exact) mass is 1790 g/mol. The first-order valence-corrected chi connectivity index (χ1v) is 53.8. The Bertz CT molecular complexity index is 4100. The van der Waals surface area contributed by atoms with E-state index in [1.54, 1.807) is 0 Å². The third-order valence-corrected chi connectivity index (χ3v) is 26.0. The minimum Gasteiger partial charge on any atom is -0.494 e. The minimum atomic E-state index is -0.191. The van der Waals surface area contributed by atoms with Crippen LogP contribution >= 0.6 is 0 Å². The Hall–Kier alpha value is -8.45. The number of fused-ring (bicyclic) bond motifs is 4. The van der Waals surface area contributed by atoms with Crippen LogP contribution in [0.2, 0.25) is 0 Å². The van der Waals surface area contributed by atoms with Crippen LogP contribution in [-0.2, 0) is 9.53 Å². The van der Waals surface area contributed by atoms with E-state index in [0.29, 0.717) is 52.9 Å². The molecular formula is C118H174N4O9. The lowest BCUT2D eigenvalue weighted by Crippen LogP contribution is -2.06. The Morgan fingerprint density at radius 2 is 0.374 bits per heavy atom. The molecule has 0 fully saturated rings. The Labute approximate surface area is 795 Å². The molecule has 0 saturated heterocycles. The lowest BCUT2D eigenvalue weighted by Gasteiger charge is -2.17. The van der Waals surface area contributed by atoms with Crippen molar-refractivity contribution in [3.8, 4) is 40.2 Å². The molecule has 9 rings (SSSR count). The number of unbranched alkanes of at least 4 members (excludes halogenated alkanes) is 51. The van der Waals surface area contributed by atoms with E-state index in [1.165, 1.54) is 277 Å². The zero-order valence-corrected chi connectivity index (χ0v) is 83.3. The van der Waals surface area contributed by atoms with Crippen LogP contribution in [0.1, 0.15) is 443 Å². The molecule has 5 aliphatic heterocycles. The van der Waals surface area contributed by atoms with Gasteiger partial charge in [-0.3, -0.25) is 4.79 Å². The SMILES string of the molecule is CCCCCCCCCCOc1cc(OCCCCCCCCCC)cc(C2=C3C=CC(=N3)C(c3cc(OCCCCCCCCCC)cc(OCCCCCCCCCC)c3)=C3C=CC(=N3)C(c3cc(OCCCCCCCCCC)cc(OCCCCCCCCCC)c3)=C3C=CC(=N3)C(c3ccc(OCCCCCCCCCCCCOC(C)=O)cc3)=C3C=CC2=N3)c1. The molecular weight excluding hydrogens is 1620 g/mol. The zero-order chi connectivity index (χ0) is 91.9. The van der Waals surface area contributed by atoms with Gasteiger partial charge in [-0.05, 0) is 171 Å². The number of carbonyl (C=O) groups excluding carboxylic acids is 1. The van der Waals surface area contributed by atoms with Gasteiger partial charge >= 0.3 is 5.97 Å². The van der Waals surface area contributed by atoms with Crippen molar-refractivity contribution in [1.29, 1.82) is 0 Å². The number of rotatable bonds is 78. The number of aliphatic imine (C=N–C) groups is 4. The molecule has 4 aromatic carbocycles. The predicted molar refractivity (Wildman–Crippen MR) is 557 cm³/mol. The van der Waals surface area contributed by atoms with Crippen LogP contribution in [0, 0.1) is 0 Å². The van der Waals surface area contributed by atoms with Crippen molar-refractivity contribution in [2.24, 2.45) is 20.0 Å². The maximum Gasteiger partial charge on any atom is 0.302 e. The molecule has 0 saturated carbocycles. The van der Waals surface area contributed by atoms with Gasteiger partial charge in [-0.1, -0.05) is 375 Å². The minimum absolute atomic E-state index is 0.191. The van der Waals surface area contributed by atoms with Crippen molar-refractivity contribution in [2.75, 3.05) is 52.9 Å². The lowest BCUT2D eigenvalue weighted by atomic mass is 9.97. The van der Waals surface area contributed by atoms with E-state index in [0.717, 1.165) is 233 Å². The topological polar surface area (TPSA) is 140 Å². The molecule has 0 atom stereocenters. The molecule has 5 heterocycles. The maximum atomic E-state index is 11.2. The molecule has 0 spiro atoms. The molecule has 0 aromatic heterocycles. The first kappa shape index (κ1) is 106. The predicted octanol–water partition coefficient (Wildman–Crippen LogP) is 34.6. The van der Waals surface area contributed by atoms with Crippen LogP contribution in [0.3, 0.4) is 0 Å². The average Bonchev–Trinajstić information content (AvgIpc) is 1.61. The van der Waals surface area contributed by atoms with E-state index in [9.17, 15) is 4.79 Å². The quantitative estimate of drug-likeness (QED) is 0.0312. The molecule has 0 unspecified atom stereocenters. The summed E-state index contributed by atoms with van der Waals surface area (Å²) in [4.78, 5) is 34.8. The Morgan fingerprint density at radius 1 is 0.198 bits per heavy atom. The normalized spacial score (nSPS) is 13.9. The summed E-state index contributed by atoms with van der Waals surface area (Å²) in [5.74, 6) is 5.25. The molecule has 0 N–H and O–H groups in total. The number of benzene rings is 4. The van der Waals surface area contributed by atoms with Crippen LogP contribution in [-0.4, -0.2) is 81.7 Å². The summed E-state index contributed by atoms with van der Waals surface area (Å²) in [5.41, 5.74) is 13.3. The van der Waals surface area contributed by atoms with E-state index in [1.807, 2.05) is 0 Å². The van der Waals surface area contributed by atoms with Crippen LogP contribution in [0.5, 0.6) is 40.2 Å². The van der Waals surface area contributed by atoms with Crippen LogP contribution < -0.4 is 33.2 Å². The third-order valence-electron chi connectivity index (χ3n) is 26.0. The van der Waals surface area contributed by atoms with Gasteiger partial charge in [-0.2, -0.15) is 0 Å². The zero-order valence-electron chi connectivity index (χ0n) is 83.3. The van der Waals surface area contributed by atoms with Gasteiger partial charge in [0.2, 0.25) is 0 Å². The van der Waals surface area contributed by atoms with Crippen LogP contribution in [0.4, 0.5) is 0 Å². The average molecular weight is 1790 g/mol. The highest BCUT2D eigenvalue weighted by Gasteiger charge is 2.30. The summed E-state index contributed by atoms with van der Waals surface area (Å²) in [6.07, 6.45) is 87.3. The number of hydrogen-bond acceptors (Lipinski definition) is 13. The smallest absolute Gasteiger partial charge is 0.302 e. The second-order valence-corrected chi connectivity index (χ2v) is 37.6. The Morgan fingerprint density at radius 3 is 0.573 bits per heavy atom. The number of hydrogen-bond donors (Lipinski definition) is 0.